The van der Waals surface area contributed by atoms with Crippen LogP contribution in [0.15, 0.2) is 18.5 Å². The van der Waals surface area contributed by atoms with Gasteiger partial charge in [-0.05, 0) is 20.8 Å². The van der Waals surface area contributed by atoms with Crippen molar-refractivity contribution < 1.29 is 0 Å². The Labute approximate surface area is 106 Å². The predicted molar refractivity (Wildman–Crippen MR) is 68.8 cm³/mol. The molecule has 0 unspecified atom stereocenters. The summed E-state index contributed by atoms with van der Waals surface area (Å²) >= 11 is 0. The Kier molecular flexibility index (Phi) is 3.30. The van der Waals surface area contributed by atoms with Gasteiger partial charge in [-0.25, -0.2) is 9.50 Å². The minimum atomic E-state index is -0.347. The summed E-state index contributed by atoms with van der Waals surface area (Å²) in [6, 6.07) is 4.21. The van der Waals surface area contributed by atoms with Crippen LogP contribution in [0.2, 0.25) is 0 Å². The van der Waals surface area contributed by atoms with Gasteiger partial charge in [-0.1, -0.05) is 0 Å². The standard InChI is InChI=1S/C13H17N5/c1-10-4-12-16-6-11(7-18(12)17-10)5-15-9-13(2,3)8-14/h4,6-7,15H,5,9H2,1-3H3. The Hall–Kier alpha value is -1.93. The van der Waals surface area contributed by atoms with Crippen LogP contribution < -0.4 is 5.32 Å². The topological polar surface area (TPSA) is 66.0 Å². The number of nitriles is 1. The fourth-order valence-electron chi connectivity index (χ4n) is 1.68. The maximum atomic E-state index is 8.92. The Morgan fingerprint density at radius 3 is 3.00 bits per heavy atom. The quantitative estimate of drug-likeness (QED) is 0.887. The van der Waals surface area contributed by atoms with Crippen molar-refractivity contribution in [2.45, 2.75) is 27.3 Å². The summed E-state index contributed by atoms with van der Waals surface area (Å²) in [4.78, 5) is 4.33. The molecule has 0 bridgehead atoms. The number of nitrogens with zero attached hydrogens (tertiary/aromatic N) is 4. The van der Waals surface area contributed by atoms with Gasteiger partial charge in [0.1, 0.15) is 0 Å². The normalized spacial score (nSPS) is 11.7. The largest absolute Gasteiger partial charge is 0.311 e. The molecule has 5 nitrogen and oxygen atoms in total. The zero-order valence-electron chi connectivity index (χ0n) is 10.9. The predicted octanol–water partition coefficient (Wildman–Crippen LogP) is 1.68. The first-order valence-electron chi connectivity index (χ1n) is 5.93. The van der Waals surface area contributed by atoms with E-state index in [4.69, 9.17) is 5.26 Å². The molecule has 0 aliphatic heterocycles. The van der Waals surface area contributed by atoms with E-state index in [1.54, 1.807) is 4.52 Å². The second kappa shape index (κ2) is 4.75. The number of hydrogen-bond donors (Lipinski definition) is 1. The van der Waals surface area contributed by atoms with E-state index in [1.165, 1.54) is 0 Å². The number of aryl methyl sites for hydroxylation is 1. The fourth-order valence-corrected chi connectivity index (χ4v) is 1.68. The van der Waals surface area contributed by atoms with Crippen molar-refractivity contribution in [1.29, 1.82) is 5.26 Å². The monoisotopic (exact) mass is 243 g/mol. The highest BCUT2D eigenvalue weighted by Gasteiger charge is 2.15. The summed E-state index contributed by atoms with van der Waals surface area (Å²) in [6.07, 6.45) is 3.80. The average molecular weight is 243 g/mol. The molecule has 2 heterocycles. The van der Waals surface area contributed by atoms with Crippen LogP contribution in [-0.4, -0.2) is 21.1 Å². The summed E-state index contributed by atoms with van der Waals surface area (Å²) in [5.41, 5.74) is 2.52. The summed E-state index contributed by atoms with van der Waals surface area (Å²) in [5, 5.41) is 16.5. The third kappa shape index (κ3) is 2.84. The van der Waals surface area contributed by atoms with Crippen molar-refractivity contribution in [3.63, 3.8) is 0 Å². The Balaban J connectivity index is 2.02. The van der Waals surface area contributed by atoms with Gasteiger partial charge in [0.05, 0.1) is 17.2 Å². The molecule has 18 heavy (non-hydrogen) atoms. The fraction of sp³-hybridized carbons (Fsp3) is 0.462. The zero-order chi connectivity index (χ0) is 13.2. The molecule has 0 aliphatic rings. The molecule has 1 N–H and O–H groups in total. The maximum Gasteiger partial charge on any atom is 0.155 e. The van der Waals surface area contributed by atoms with Gasteiger partial charge in [0.15, 0.2) is 5.65 Å². The van der Waals surface area contributed by atoms with Gasteiger partial charge in [-0.15, -0.1) is 0 Å². The van der Waals surface area contributed by atoms with E-state index in [1.807, 2.05) is 39.2 Å². The Bertz CT molecular complexity index is 591. The first-order valence-corrected chi connectivity index (χ1v) is 5.93. The highest BCUT2D eigenvalue weighted by Crippen LogP contribution is 2.11. The first-order chi connectivity index (χ1) is 8.50. The summed E-state index contributed by atoms with van der Waals surface area (Å²) in [6.45, 7) is 7.12. The molecule has 0 amide bonds. The van der Waals surface area contributed by atoms with Crippen LogP contribution in [0.3, 0.4) is 0 Å². The number of fused-ring (bicyclic) bond motifs is 1. The number of rotatable bonds is 4. The van der Waals surface area contributed by atoms with Crippen LogP contribution in [0.5, 0.6) is 0 Å². The van der Waals surface area contributed by atoms with E-state index in [9.17, 15) is 0 Å². The van der Waals surface area contributed by atoms with Gasteiger partial charge < -0.3 is 5.32 Å². The van der Waals surface area contributed by atoms with Gasteiger partial charge in [-0.2, -0.15) is 10.4 Å². The van der Waals surface area contributed by atoms with Crippen molar-refractivity contribution in [3.05, 3.63) is 29.7 Å². The Morgan fingerprint density at radius 2 is 2.28 bits per heavy atom. The van der Waals surface area contributed by atoms with Crippen molar-refractivity contribution in [2.24, 2.45) is 5.41 Å². The van der Waals surface area contributed by atoms with Crippen molar-refractivity contribution in [3.8, 4) is 6.07 Å². The molecule has 5 heteroatoms. The molecule has 0 spiro atoms. The van der Waals surface area contributed by atoms with E-state index in [0.29, 0.717) is 13.1 Å². The highest BCUT2D eigenvalue weighted by molar-refractivity contribution is 5.38. The van der Waals surface area contributed by atoms with E-state index in [0.717, 1.165) is 16.9 Å². The smallest absolute Gasteiger partial charge is 0.155 e. The molecule has 0 radical (unpaired) electrons. The third-order valence-corrected chi connectivity index (χ3v) is 2.69. The van der Waals surface area contributed by atoms with Gasteiger partial charge in [0.25, 0.3) is 0 Å². The van der Waals surface area contributed by atoms with Crippen LogP contribution in [0, 0.1) is 23.7 Å². The maximum absolute atomic E-state index is 8.92. The van der Waals surface area contributed by atoms with Crippen LogP contribution in [0.4, 0.5) is 0 Å². The van der Waals surface area contributed by atoms with E-state index < -0.39 is 0 Å². The SMILES string of the molecule is Cc1cc2ncc(CNCC(C)(C)C#N)cn2n1. The van der Waals surface area contributed by atoms with Gasteiger partial charge in [0.2, 0.25) is 0 Å². The van der Waals surface area contributed by atoms with Crippen molar-refractivity contribution in [2.75, 3.05) is 6.54 Å². The average Bonchev–Trinajstić information content (AvgIpc) is 2.68. The third-order valence-electron chi connectivity index (χ3n) is 2.69. The summed E-state index contributed by atoms with van der Waals surface area (Å²) in [5.74, 6) is 0. The van der Waals surface area contributed by atoms with Crippen LogP contribution in [0.1, 0.15) is 25.1 Å². The number of hydrogen-bond acceptors (Lipinski definition) is 4. The van der Waals surface area contributed by atoms with Crippen LogP contribution >= 0.6 is 0 Å². The van der Waals surface area contributed by atoms with Crippen LogP contribution in [-0.2, 0) is 6.54 Å². The van der Waals surface area contributed by atoms with Crippen molar-refractivity contribution in [1.82, 2.24) is 19.9 Å². The molecule has 0 fully saturated rings. The second-order valence-corrected chi connectivity index (χ2v) is 5.15. The van der Waals surface area contributed by atoms with Gasteiger partial charge >= 0.3 is 0 Å². The van der Waals surface area contributed by atoms with E-state index in [2.05, 4.69) is 21.5 Å². The lowest BCUT2D eigenvalue weighted by atomic mass is 9.96. The molecule has 2 aromatic heterocycles. The van der Waals surface area contributed by atoms with Gasteiger partial charge in [-0.3, -0.25) is 0 Å². The van der Waals surface area contributed by atoms with Crippen LogP contribution in [0.25, 0.3) is 5.65 Å². The molecule has 2 rings (SSSR count). The highest BCUT2D eigenvalue weighted by atomic mass is 15.2. The molecule has 0 atom stereocenters. The van der Waals surface area contributed by atoms with E-state index >= 15 is 0 Å². The molecule has 2 aromatic rings. The summed E-state index contributed by atoms with van der Waals surface area (Å²) in [7, 11) is 0. The lowest BCUT2D eigenvalue weighted by molar-refractivity contribution is 0.444. The minimum absolute atomic E-state index is 0.347. The molecular weight excluding hydrogens is 226 g/mol. The van der Waals surface area contributed by atoms with E-state index in [-0.39, 0.29) is 5.41 Å². The molecule has 0 saturated heterocycles. The van der Waals surface area contributed by atoms with Gasteiger partial charge in [0, 0.05) is 37.1 Å². The second-order valence-electron chi connectivity index (χ2n) is 5.15. The molecular formula is C13H17N5. The molecule has 94 valence electrons. The lowest BCUT2D eigenvalue weighted by Crippen LogP contribution is -2.27. The van der Waals surface area contributed by atoms with Crippen molar-refractivity contribution >= 4 is 5.65 Å². The zero-order valence-corrected chi connectivity index (χ0v) is 10.9. The molecule has 0 aromatic carbocycles. The molecule has 0 saturated carbocycles. The number of aromatic nitrogens is 3. The number of nitrogens with one attached hydrogen (secondary N) is 1. The molecule has 0 aliphatic carbocycles. The summed E-state index contributed by atoms with van der Waals surface area (Å²) < 4.78 is 1.78. The lowest BCUT2D eigenvalue weighted by Gasteiger charge is -2.15. The first kappa shape index (κ1) is 12.5. The minimum Gasteiger partial charge on any atom is -0.311 e. The Morgan fingerprint density at radius 1 is 1.50 bits per heavy atom.